The number of rotatable bonds is 9. The Hall–Kier alpha value is -0.870. The van der Waals surface area contributed by atoms with E-state index in [4.69, 9.17) is 5.73 Å². The van der Waals surface area contributed by atoms with Gasteiger partial charge in [-0.25, -0.2) is 0 Å². The number of carbonyl (C=O) groups excluding carboxylic acids is 1. The van der Waals surface area contributed by atoms with Crippen LogP contribution in [0.4, 0.5) is 0 Å². The molecule has 0 aliphatic carbocycles. The first-order chi connectivity index (χ1) is 9.21. The van der Waals surface area contributed by atoms with Crippen molar-refractivity contribution in [1.29, 1.82) is 0 Å². The summed E-state index contributed by atoms with van der Waals surface area (Å²) in [6.07, 6.45) is 4.62. The minimum absolute atomic E-state index is 0.163. The quantitative estimate of drug-likeness (QED) is 0.728. The van der Waals surface area contributed by atoms with Crippen LogP contribution in [0.2, 0.25) is 0 Å². The lowest BCUT2D eigenvalue weighted by molar-refractivity contribution is -0.122. The van der Waals surface area contributed by atoms with Gasteiger partial charge in [-0.15, -0.1) is 11.3 Å². The van der Waals surface area contributed by atoms with Gasteiger partial charge in [0.15, 0.2) is 0 Å². The summed E-state index contributed by atoms with van der Waals surface area (Å²) in [5.74, 6) is 0.744. The Morgan fingerprint density at radius 3 is 2.68 bits per heavy atom. The largest absolute Gasteiger partial charge is 0.348 e. The number of nitrogens with two attached hydrogens (primary N) is 1. The molecule has 1 aromatic heterocycles. The Bertz CT molecular complexity index is 351. The van der Waals surface area contributed by atoms with E-state index >= 15 is 0 Å². The molecule has 3 N–H and O–H groups in total. The average molecular weight is 282 g/mol. The van der Waals surface area contributed by atoms with E-state index in [1.165, 1.54) is 4.88 Å². The van der Waals surface area contributed by atoms with Crippen LogP contribution in [0.1, 0.15) is 56.9 Å². The third-order valence-electron chi connectivity index (χ3n) is 3.56. The van der Waals surface area contributed by atoms with Gasteiger partial charge in [-0.1, -0.05) is 26.3 Å². The lowest BCUT2D eigenvalue weighted by atomic mass is 9.96. The number of nitrogens with one attached hydrogen (secondary N) is 1. The summed E-state index contributed by atoms with van der Waals surface area (Å²) < 4.78 is 0. The van der Waals surface area contributed by atoms with Gasteiger partial charge in [-0.2, -0.15) is 0 Å². The number of amides is 1. The molecule has 0 aliphatic heterocycles. The number of hydrogen-bond acceptors (Lipinski definition) is 3. The zero-order valence-corrected chi connectivity index (χ0v) is 12.8. The van der Waals surface area contributed by atoms with Crippen molar-refractivity contribution in [3.05, 3.63) is 22.4 Å². The van der Waals surface area contributed by atoms with Crippen LogP contribution in [0.15, 0.2) is 17.5 Å². The van der Waals surface area contributed by atoms with Crippen LogP contribution >= 0.6 is 11.3 Å². The highest BCUT2D eigenvalue weighted by Crippen LogP contribution is 2.22. The maximum absolute atomic E-state index is 12.0. The predicted octanol–water partition coefficient (Wildman–Crippen LogP) is 3.47. The van der Waals surface area contributed by atoms with E-state index in [0.29, 0.717) is 18.9 Å². The van der Waals surface area contributed by atoms with Crippen molar-refractivity contribution in [1.82, 2.24) is 5.32 Å². The van der Waals surface area contributed by atoms with E-state index in [1.807, 2.05) is 6.07 Å². The topological polar surface area (TPSA) is 55.1 Å². The van der Waals surface area contributed by atoms with Crippen molar-refractivity contribution in [3.63, 3.8) is 0 Å². The van der Waals surface area contributed by atoms with Crippen LogP contribution in [0, 0.1) is 5.92 Å². The standard InChI is InChI=1S/C15H26N2OS/c1-3-12(9-10-16)7-8-15(18)17-13(4-2)14-6-5-11-19-14/h5-6,11-13H,3-4,7-10,16H2,1-2H3,(H,17,18). The number of carbonyl (C=O) groups is 1. The fourth-order valence-electron chi connectivity index (χ4n) is 2.25. The lowest BCUT2D eigenvalue weighted by Gasteiger charge is -2.17. The van der Waals surface area contributed by atoms with Crippen molar-refractivity contribution >= 4 is 17.2 Å². The minimum atomic E-state index is 0.163. The molecule has 0 radical (unpaired) electrons. The van der Waals surface area contributed by atoms with Crippen LogP contribution < -0.4 is 11.1 Å². The van der Waals surface area contributed by atoms with Crippen LogP contribution in [0.25, 0.3) is 0 Å². The summed E-state index contributed by atoms with van der Waals surface area (Å²) in [7, 11) is 0. The second-order valence-corrected chi connectivity index (χ2v) is 5.91. The normalized spacial score (nSPS) is 14.1. The summed E-state index contributed by atoms with van der Waals surface area (Å²) in [5, 5.41) is 5.18. The van der Waals surface area contributed by atoms with Gasteiger partial charge in [-0.05, 0) is 43.2 Å². The molecule has 0 aromatic carbocycles. The molecule has 108 valence electrons. The van der Waals surface area contributed by atoms with Crippen molar-refractivity contribution < 1.29 is 4.79 Å². The van der Waals surface area contributed by atoms with Gasteiger partial charge < -0.3 is 11.1 Å². The van der Waals surface area contributed by atoms with E-state index in [-0.39, 0.29) is 11.9 Å². The monoisotopic (exact) mass is 282 g/mol. The first kappa shape index (κ1) is 16.2. The first-order valence-corrected chi connectivity index (χ1v) is 8.12. The highest BCUT2D eigenvalue weighted by Gasteiger charge is 2.14. The molecule has 19 heavy (non-hydrogen) atoms. The molecular formula is C15H26N2OS. The SMILES string of the molecule is CCC(CCN)CCC(=O)NC(CC)c1cccs1. The van der Waals surface area contributed by atoms with E-state index in [2.05, 4.69) is 30.6 Å². The summed E-state index contributed by atoms with van der Waals surface area (Å²) in [5.41, 5.74) is 5.58. The van der Waals surface area contributed by atoms with E-state index in [9.17, 15) is 4.79 Å². The molecule has 0 fully saturated rings. The third-order valence-corrected chi connectivity index (χ3v) is 4.55. The van der Waals surface area contributed by atoms with E-state index in [0.717, 1.165) is 25.7 Å². The Kier molecular flexibility index (Phi) is 7.75. The molecule has 2 unspecified atom stereocenters. The second kappa shape index (κ2) is 9.10. The fourth-order valence-corrected chi connectivity index (χ4v) is 3.12. The molecule has 1 aromatic rings. The highest BCUT2D eigenvalue weighted by atomic mass is 32.1. The average Bonchev–Trinajstić information content (AvgIpc) is 2.94. The summed E-state index contributed by atoms with van der Waals surface area (Å²) >= 11 is 1.70. The Labute approximate surface area is 120 Å². The molecule has 1 heterocycles. The van der Waals surface area contributed by atoms with E-state index in [1.54, 1.807) is 11.3 Å². The molecule has 0 saturated carbocycles. The van der Waals surface area contributed by atoms with Gasteiger partial charge in [0.2, 0.25) is 5.91 Å². The first-order valence-electron chi connectivity index (χ1n) is 7.24. The maximum atomic E-state index is 12.0. The Morgan fingerprint density at radius 2 is 2.16 bits per heavy atom. The Balaban J connectivity index is 2.37. The molecule has 0 saturated heterocycles. The van der Waals surface area contributed by atoms with Crippen molar-refractivity contribution in [2.75, 3.05) is 6.54 Å². The summed E-state index contributed by atoms with van der Waals surface area (Å²) in [6.45, 7) is 4.99. The molecule has 1 amide bonds. The minimum Gasteiger partial charge on any atom is -0.348 e. The molecule has 2 atom stereocenters. The molecule has 4 heteroatoms. The Morgan fingerprint density at radius 1 is 1.37 bits per heavy atom. The molecule has 0 bridgehead atoms. The van der Waals surface area contributed by atoms with Gasteiger partial charge in [0.1, 0.15) is 0 Å². The lowest BCUT2D eigenvalue weighted by Crippen LogP contribution is -2.28. The highest BCUT2D eigenvalue weighted by molar-refractivity contribution is 7.10. The predicted molar refractivity (Wildman–Crippen MR) is 82.2 cm³/mol. The second-order valence-electron chi connectivity index (χ2n) is 4.93. The van der Waals surface area contributed by atoms with Gasteiger partial charge in [0.25, 0.3) is 0 Å². The maximum Gasteiger partial charge on any atom is 0.220 e. The van der Waals surface area contributed by atoms with Crippen LogP contribution in [0.3, 0.4) is 0 Å². The summed E-state index contributed by atoms with van der Waals surface area (Å²) in [6, 6.07) is 4.29. The van der Waals surface area contributed by atoms with Gasteiger partial charge in [0, 0.05) is 11.3 Å². The van der Waals surface area contributed by atoms with Crippen LogP contribution in [0.5, 0.6) is 0 Å². The molecule has 0 spiro atoms. The summed E-state index contributed by atoms with van der Waals surface area (Å²) in [4.78, 5) is 13.2. The number of thiophene rings is 1. The van der Waals surface area contributed by atoms with Crippen molar-refractivity contribution in [3.8, 4) is 0 Å². The van der Waals surface area contributed by atoms with E-state index < -0.39 is 0 Å². The zero-order chi connectivity index (χ0) is 14.1. The zero-order valence-electron chi connectivity index (χ0n) is 12.0. The van der Waals surface area contributed by atoms with Gasteiger partial charge >= 0.3 is 0 Å². The van der Waals surface area contributed by atoms with Crippen LogP contribution in [-0.2, 0) is 4.79 Å². The van der Waals surface area contributed by atoms with Gasteiger partial charge in [-0.3, -0.25) is 4.79 Å². The molecule has 3 nitrogen and oxygen atoms in total. The fraction of sp³-hybridized carbons (Fsp3) is 0.667. The van der Waals surface area contributed by atoms with Crippen molar-refractivity contribution in [2.45, 2.75) is 52.0 Å². The van der Waals surface area contributed by atoms with Gasteiger partial charge in [0.05, 0.1) is 6.04 Å². The van der Waals surface area contributed by atoms with Crippen molar-refractivity contribution in [2.24, 2.45) is 11.7 Å². The third kappa shape index (κ3) is 5.74. The number of hydrogen-bond donors (Lipinski definition) is 2. The smallest absolute Gasteiger partial charge is 0.220 e. The van der Waals surface area contributed by atoms with Crippen LogP contribution in [-0.4, -0.2) is 12.5 Å². The molecule has 1 rings (SSSR count). The molecule has 0 aliphatic rings. The molecular weight excluding hydrogens is 256 g/mol.